The zero-order valence-corrected chi connectivity index (χ0v) is 13.5. The molecule has 1 fully saturated rings. The maximum Gasteiger partial charge on any atom is 0.228 e. The van der Waals surface area contributed by atoms with E-state index < -0.39 is 0 Å². The van der Waals surface area contributed by atoms with Crippen LogP contribution in [0.4, 0.5) is 5.82 Å². The normalized spacial score (nSPS) is 14.7. The Bertz CT molecular complexity index is 830. The predicted molar refractivity (Wildman–Crippen MR) is 87.6 cm³/mol. The lowest BCUT2D eigenvalue weighted by Crippen LogP contribution is -2.28. The summed E-state index contributed by atoms with van der Waals surface area (Å²) in [6.45, 7) is 1.90. The highest BCUT2D eigenvalue weighted by Crippen LogP contribution is 2.29. The molecular formula is C16H16N4O2S. The Morgan fingerprint density at radius 2 is 2.35 bits per heavy atom. The van der Waals surface area contributed by atoms with Gasteiger partial charge in [0, 0.05) is 17.4 Å². The molecular weight excluding hydrogens is 312 g/mol. The fraction of sp³-hybridized carbons (Fsp3) is 0.312. The first-order chi connectivity index (χ1) is 11.2. The van der Waals surface area contributed by atoms with E-state index in [1.165, 1.54) is 11.3 Å². The van der Waals surface area contributed by atoms with Crippen LogP contribution in [-0.4, -0.2) is 20.7 Å². The van der Waals surface area contributed by atoms with Gasteiger partial charge in [0.05, 0.1) is 12.0 Å². The Morgan fingerprint density at radius 3 is 3.04 bits per heavy atom. The monoisotopic (exact) mass is 328 g/mol. The first-order valence-electron chi connectivity index (χ1n) is 7.58. The molecule has 118 valence electrons. The van der Waals surface area contributed by atoms with Crippen LogP contribution >= 0.6 is 11.3 Å². The first kappa shape index (κ1) is 14.2. The number of nitrogens with one attached hydrogen (secondary N) is 1. The van der Waals surface area contributed by atoms with Crippen LogP contribution in [0.3, 0.4) is 0 Å². The maximum atomic E-state index is 12.2. The number of thiazole rings is 1. The minimum atomic E-state index is 0.0696. The molecule has 3 heterocycles. The standard InChI is InChI=1S/C16H16N4O2S/c1-10-8-14(18-15(21)11-4-2-5-11)20(19-10)16-17-12(9-23-16)13-6-3-7-22-13/h3,6-9,11H,2,4-5H2,1H3,(H,18,21). The van der Waals surface area contributed by atoms with E-state index in [9.17, 15) is 4.79 Å². The van der Waals surface area contributed by atoms with E-state index in [1.54, 1.807) is 10.9 Å². The molecule has 1 aliphatic carbocycles. The number of furan rings is 1. The van der Waals surface area contributed by atoms with Gasteiger partial charge in [0.15, 0.2) is 5.76 Å². The molecule has 0 aromatic carbocycles. The lowest BCUT2D eigenvalue weighted by molar-refractivity contribution is -0.122. The number of carbonyl (C=O) groups excluding carboxylic acids is 1. The molecule has 0 bridgehead atoms. The Balaban J connectivity index is 1.62. The van der Waals surface area contributed by atoms with Crippen LogP contribution in [0.2, 0.25) is 0 Å². The van der Waals surface area contributed by atoms with Gasteiger partial charge in [-0.1, -0.05) is 6.42 Å². The van der Waals surface area contributed by atoms with E-state index in [4.69, 9.17) is 4.42 Å². The number of rotatable bonds is 4. The molecule has 3 aromatic heterocycles. The number of hydrogen-bond donors (Lipinski definition) is 1. The molecule has 0 saturated heterocycles. The van der Waals surface area contributed by atoms with Crippen LogP contribution in [0.5, 0.6) is 0 Å². The Kier molecular flexibility index (Phi) is 3.49. The fourth-order valence-electron chi connectivity index (χ4n) is 2.53. The smallest absolute Gasteiger partial charge is 0.228 e. The van der Waals surface area contributed by atoms with Crippen molar-refractivity contribution >= 4 is 23.1 Å². The zero-order valence-electron chi connectivity index (χ0n) is 12.7. The van der Waals surface area contributed by atoms with Gasteiger partial charge in [0.2, 0.25) is 11.0 Å². The number of aryl methyl sites for hydroxylation is 1. The molecule has 0 atom stereocenters. The van der Waals surface area contributed by atoms with Gasteiger partial charge in [0.1, 0.15) is 11.5 Å². The van der Waals surface area contributed by atoms with Gasteiger partial charge in [-0.25, -0.2) is 4.98 Å². The summed E-state index contributed by atoms with van der Waals surface area (Å²) < 4.78 is 7.05. The molecule has 0 spiro atoms. The van der Waals surface area contributed by atoms with E-state index in [1.807, 2.05) is 30.5 Å². The molecule has 1 saturated carbocycles. The minimum absolute atomic E-state index is 0.0696. The second-order valence-corrected chi connectivity index (χ2v) is 6.53. The van der Waals surface area contributed by atoms with Crippen LogP contribution in [0, 0.1) is 12.8 Å². The lowest BCUT2D eigenvalue weighted by Gasteiger charge is -2.23. The average molecular weight is 328 g/mol. The quantitative estimate of drug-likeness (QED) is 0.793. The molecule has 23 heavy (non-hydrogen) atoms. The molecule has 1 amide bonds. The molecule has 6 nitrogen and oxygen atoms in total. The molecule has 1 aliphatic rings. The van der Waals surface area contributed by atoms with Crippen LogP contribution < -0.4 is 5.32 Å². The third-order valence-electron chi connectivity index (χ3n) is 4.01. The zero-order chi connectivity index (χ0) is 15.8. The summed E-state index contributed by atoms with van der Waals surface area (Å²) in [5.74, 6) is 1.59. The van der Waals surface area contributed by atoms with Crippen LogP contribution in [-0.2, 0) is 4.79 Å². The van der Waals surface area contributed by atoms with E-state index >= 15 is 0 Å². The van der Waals surface area contributed by atoms with Crippen molar-refractivity contribution in [2.75, 3.05) is 5.32 Å². The number of carbonyl (C=O) groups is 1. The van der Waals surface area contributed by atoms with Gasteiger partial charge in [0.25, 0.3) is 0 Å². The summed E-state index contributed by atoms with van der Waals surface area (Å²) in [5, 5.41) is 10.1. The van der Waals surface area contributed by atoms with Gasteiger partial charge in [-0.3, -0.25) is 4.79 Å². The molecule has 4 rings (SSSR count). The Hall–Kier alpha value is -2.41. The maximum absolute atomic E-state index is 12.2. The van der Waals surface area contributed by atoms with Gasteiger partial charge in [-0.15, -0.1) is 11.3 Å². The number of anilines is 1. The molecule has 3 aromatic rings. The van der Waals surface area contributed by atoms with E-state index in [-0.39, 0.29) is 11.8 Å². The van der Waals surface area contributed by atoms with Crippen molar-refractivity contribution in [1.29, 1.82) is 0 Å². The number of nitrogens with zero attached hydrogens (tertiary/aromatic N) is 3. The number of amides is 1. The summed E-state index contributed by atoms with van der Waals surface area (Å²) in [5.41, 5.74) is 1.60. The van der Waals surface area contributed by atoms with E-state index in [2.05, 4.69) is 15.4 Å². The number of aromatic nitrogens is 3. The summed E-state index contributed by atoms with van der Waals surface area (Å²) >= 11 is 1.46. The number of hydrogen-bond acceptors (Lipinski definition) is 5. The van der Waals surface area contributed by atoms with Crippen molar-refractivity contribution in [2.45, 2.75) is 26.2 Å². The van der Waals surface area contributed by atoms with Crippen LogP contribution in [0.1, 0.15) is 25.0 Å². The molecule has 0 aliphatic heterocycles. The highest BCUT2D eigenvalue weighted by atomic mass is 32.1. The summed E-state index contributed by atoms with van der Waals surface area (Å²) in [4.78, 5) is 16.8. The molecule has 1 N–H and O–H groups in total. The summed E-state index contributed by atoms with van der Waals surface area (Å²) in [7, 11) is 0. The summed E-state index contributed by atoms with van der Waals surface area (Å²) in [6.07, 6.45) is 4.70. The second-order valence-electron chi connectivity index (χ2n) is 5.69. The third-order valence-corrected chi connectivity index (χ3v) is 4.82. The SMILES string of the molecule is Cc1cc(NC(=O)C2CCC2)n(-c2nc(-c3ccco3)cs2)n1. The predicted octanol–water partition coefficient (Wildman–Crippen LogP) is 3.64. The molecule has 0 unspecified atom stereocenters. The fourth-order valence-corrected chi connectivity index (χ4v) is 3.31. The van der Waals surface area contributed by atoms with Crippen molar-refractivity contribution in [2.24, 2.45) is 5.92 Å². The van der Waals surface area contributed by atoms with Crippen molar-refractivity contribution in [3.8, 4) is 16.6 Å². The molecule has 7 heteroatoms. The van der Waals surface area contributed by atoms with Crippen molar-refractivity contribution in [3.05, 3.63) is 35.5 Å². The first-order valence-corrected chi connectivity index (χ1v) is 8.46. The minimum Gasteiger partial charge on any atom is -0.463 e. The van der Waals surface area contributed by atoms with E-state index in [0.717, 1.165) is 36.4 Å². The highest BCUT2D eigenvalue weighted by Gasteiger charge is 2.26. The van der Waals surface area contributed by atoms with Crippen LogP contribution in [0.15, 0.2) is 34.3 Å². The van der Waals surface area contributed by atoms with Crippen molar-refractivity contribution < 1.29 is 9.21 Å². The Labute approximate surface area is 137 Å². The summed E-state index contributed by atoms with van der Waals surface area (Å²) in [6, 6.07) is 5.56. The average Bonchev–Trinajstić information content (AvgIpc) is 3.15. The lowest BCUT2D eigenvalue weighted by atomic mass is 9.85. The van der Waals surface area contributed by atoms with Gasteiger partial charge >= 0.3 is 0 Å². The van der Waals surface area contributed by atoms with Gasteiger partial charge in [-0.05, 0) is 31.9 Å². The van der Waals surface area contributed by atoms with E-state index in [0.29, 0.717) is 10.9 Å². The third kappa shape index (κ3) is 2.68. The molecule has 0 radical (unpaired) electrons. The Morgan fingerprint density at radius 1 is 1.48 bits per heavy atom. The van der Waals surface area contributed by atoms with Crippen molar-refractivity contribution in [3.63, 3.8) is 0 Å². The van der Waals surface area contributed by atoms with Gasteiger partial charge < -0.3 is 9.73 Å². The van der Waals surface area contributed by atoms with Crippen molar-refractivity contribution in [1.82, 2.24) is 14.8 Å². The topological polar surface area (TPSA) is 73.0 Å². The highest BCUT2D eigenvalue weighted by molar-refractivity contribution is 7.12. The second kappa shape index (κ2) is 5.66. The van der Waals surface area contributed by atoms with Gasteiger partial charge in [-0.2, -0.15) is 9.78 Å². The largest absolute Gasteiger partial charge is 0.463 e. The van der Waals surface area contributed by atoms with Crippen LogP contribution in [0.25, 0.3) is 16.6 Å².